The van der Waals surface area contributed by atoms with Crippen molar-refractivity contribution in [2.75, 3.05) is 11.0 Å². The lowest BCUT2D eigenvalue weighted by molar-refractivity contribution is -0.951. The van der Waals surface area contributed by atoms with E-state index in [0.29, 0.717) is 11.4 Å². The molecule has 2 atom stereocenters. The Hall–Kier alpha value is -1.61. The van der Waals surface area contributed by atoms with Crippen molar-refractivity contribution in [3.63, 3.8) is 0 Å². The molecule has 140 valence electrons. The van der Waals surface area contributed by atoms with Crippen molar-refractivity contribution >= 4 is 31.6 Å². The lowest BCUT2D eigenvalue weighted by atomic mass is 9.91. The van der Waals surface area contributed by atoms with Gasteiger partial charge in [0.1, 0.15) is 11.8 Å². The summed E-state index contributed by atoms with van der Waals surface area (Å²) in [7, 11) is -3.40. The minimum absolute atomic E-state index is 0.0285. The molecular formula is C18H21BrN2O4S. The number of hydroxylamine groups is 2. The fraction of sp³-hybridized carbons (Fsp3) is 0.333. The monoisotopic (exact) mass is 440 g/mol. The molecular weight excluding hydrogens is 420 g/mol. The van der Waals surface area contributed by atoms with Crippen molar-refractivity contribution in [2.45, 2.75) is 32.5 Å². The molecule has 3 rings (SSSR count). The van der Waals surface area contributed by atoms with Crippen LogP contribution >= 0.6 is 15.9 Å². The standard InChI is InChI=1S/C18H21BrN2O4S/c1-11-9-12(19)5-7-14(11)17-15-8-6-13(20-26(4,23)24)10-16(15)25-18(2,3)21(17)22/h5-10,17,20-21H,1-4H3. The molecule has 1 aliphatic rings. The lowest BCUT2D eigenvalue weighted by Crippen LogP contribution is -3.17. The van der Waals surface area contributed by atoms with Crippen LogP contribution in [0.2, 0.25) is 0 Å². The van der Waals surface area contributed by atoms with Gasteiger partial charge in [-0.15, -0.1) is 0 Å². The summed E-state index contributed by atoms with van der Waals surface area (Å²) in [5.41, 5.74) is 2.04. The van der Waals surface area contributed by atoms with Crippen LogP contribution in [0.4, 0.5) is 5.69 Å². The Kier molecular flexibility index (Phi) is 4.81. The van der Waals surface area contributed by atoms with Crippen LogP contribution < -0.4 is 14.5 Å². The summed E-state index contributed by atoms with van der Waals surface area (Å²) in [6.45, 7) is 5.43. The molecule has 2 aromatic rings. The number of fused-ring (bicyclic) bond motifs is 1. The number of ether oxygens (including phenoxy) is 1. The van der Waals surface area contributed by atoms with E-state index in [0.717, 1.165) is 27.4 Å². The largest absolute Gasteiger partial charge is 0.631 e. The molecule has 0 aliphatic carbocycles. The van der Waals surface area contributed by atoms with Crippen LogP contribution in [-0.2, 0) is 10.0 Å². The molecule has 0 spiro atoms. The fourth-order valence-electron chi connectivity index (χ4n) is 3.22. The van der Waals surface area contributed by atoms with Gasteiger partial charge in [-0.05, 0) is 36.8 Å². The average molecular weight is 441 g/mol. The normalized spacial score (nSPS) is 21.6. The summed E-state index contributed by atoms with van der Waals surface area (Å²) in [6, 6.07) is 10.4. The lowest BCUT2D eigenvalue weighted by Gasteiger charge is -2.47. The number of benzene rings is 2. The molecule has 2 unspecified atom stereocenters. The zero-order valence-corrected chi connectivity index (χ0v) is 17.4. The topological polar surface area (TPSA) is 82.9 Å². The Bertz CT molecular complexity index is 960. The molecule has 2 N–H and O–H groups in total. The summed E-state index contributed by atoms with van der Waals surface area (Å²) in [6.07, 6.45) is 1.09. The first-order valence-corrected chi connectivity index (χ1v) is 10.8. The van der Waals surface area contributed by atoms with Gasteiger partial charge in [0, 0.05) is 30.0 Å². The Labute approximate surface area is 161 Å². The molecule has 0 fully saturated rings. The molecule has 26 heavy (non-hydrogen) atoms. The maximum absolute atomic E-state index is 13.1. The molecule has 0 bridgehead atoms. The van der Waals surface area contributed by atoms with Crippen molar-refractivity contribution in [3.8, 4) is 5.75 Å². The number of hydrogen-bond donors (Lipinski definition) is 2. The number of rotatable bonds is 3. The Balaban J connectivity index is 2.14. The predicted molar refractivity (Wildman–Crippen MR) is 105 cm³/mol. The van der Waals surface area contributed by atoms with E-state index < -0.39 is 21.8 Å². The predicted octanol–water partition coefficient (Wildman–Crippen LogP) is 2.73. The molecule has 0 amide bonds. The van der Waals surface area contributed by atoms with E-state index >= 15 is 0 Å². The minimum Gasteiger partial charge on any atom is -0.631 e. The maximum Gasteiger partial charge on any atom is 0.236 e. The highest BCUT2D eigenvalue weighted by molar-refractivity contribution is 9.10. The highest BCUT2D eigenvalue weighted by atomic mass is 79.9. The van der Waals surface area contributed by atoms with Crippen molar-refractivity contribution in [1.82, 2.24) is 0 Å². The van der Waals surface area contributed by atoms with Gasteiger partial charge in [0.05, 0.1) is 17.5 Å². The number of sulfonamides is 1. The molecule has 0 radical (unpaired) electrons. The van der Waals surface area contributed by atoms with Crippen LogP contribution in [0.5, 0.6) is 5.75 Å². The number of hydrogen-bond acceptors (Lipinski definition) is 4. The van der Waals surface area contributed by atoms with Gasteiger partial charge in [-0.3, -0.25) is 4.72 Å². The van der Waals surface area contributed by atoms with Crippen LogP contribution in [-0.4, -0.2) is 20.4 Å². The van der Waals surface area contributed by atoms with E-state index in [9.17, 15) is 13.6 Å². The Morgan fingerprint density at radius 1 is 1.19 bits per heavy atom. The van der Waals surface area contributed by atoms with Crippen LogP contribution in [0.15, 0.2) is 40.9 Å². The van der Waals surface area contributed by atoms with Gasteiger partial charge < -0.3 is 15.0 Å². The first kappa shape index (κ1) is 19.2. The summed E-state index contributed by atoms with van der Waals surface area (Å²) < 4.78 is 32.3. The summed E-state index contributed by atoms with van der Waals surface area (Å²) in [5, 5.41) is 13.1. The van der Waals surface area contributed by atoms with Gasteiger partial charge in [0.15, 0.2) is 0 Å². The summed E-state index contributed by atoms with van der Waals surface area (Å²) in [5.74, 6) is 0.510. The molecule has 0 aromatic heterocycles. The van der Waals surface area contributed by atoms with Gasteiger partial charge in [0.2, 0.25) is 15.7 Å². The summed E-state index contributed by atoms with van der Waals surface area (Å²) in [4.78, 5) is 0. The van der Waals surface area contributed by atoms with Crippen molar-refractivity contribution < 1.29 is 18.2 Å². The number of halogens is 1. The van der Waals surface area contributed by atoms with Gasteiger partial charge in [0.25, 0.3) is 0 Å². The number of nitrogens with one attached hydrogen (secondary N) is 2. The second kappa shape index (κ2) is 6.53. The van der Waals surface area contributed by atoms with E-state index in [1.165, 1.54) is 0 Å². The van der Waals surface area contributed by atoms with Crippen molar-refractivity contribution in [1.29, 1.82) is 0 Å². The van der Waals surface area contributed by atoms with E-state index in [4.69, 9.17) is 4.74 Å². The van der Waals surface area contributed by atoms with Crippen molar-refractivity contribution in [2.24, 2.45) is 0 Å². The van der Waals surface area contributed by atoms with E-state index in [2.05, 4.69) is 20.7 Å². The average Bonchev–Trinajstić information content (AvgIpc) is 2.48. The van der Waals surface area contributed by atoms with Gasteiger partial charge >= 0.3 is 0 Å². The summed E-state index contributed by atoms with van der Waals surface area (Å²) >= 11 is 3.45. The van der Waals surface area contributed by atoms with Gasteiger partial charge in [-0.25, -0.2) is 8.42 Å². The minimum atomic E-state index is -3.40. The molecule has 0 saturated carbocycles. The molecule has 8 heteroatoms. The highest BCUT2D eigenvalue weighted by Crippen LogP contribution is 2.37. The second-order valence-electron chi connectivity index (χ2n) is 7.04. The second-order valence-corrected chi connectivity index (χ2v) is 9.70. The Morgan fingerprint density at radius 3 is 2.46 bits per heavy atom. The number of anilines is 1. The van der Waals surface area contributed by atoms with Crippen molar-refractivity contribution in [3.05, 3.63) is 62.8 Å². The van der Waals surface area contributed by atoms with Gasteiger partial charge in [-0.1, -0.05) is 22.0 Å². The van der Waals surface area contributed by atoms with Crippen LogP contribution in [0.25, 0.3) is 0 Å². The molecule has 1 heterocycles. The molecule has 2 aromatic carbocycles. The van der Waals surface area contributed by atoms with E-state index in [1.807, 2.05) is 25.1 Å². The van der Waals surface area contributed by atoms with Crippen LogP contribution in [0, 0.1) is 12.1 Å². The van der Waals surface area contributed by atoms with Gasteiger partial charge in [-0.2, -0.15) is 0 Å². The third-order valence-corrected chi connectivity index (χ3v) is 5.49. The Morgan fingerprint density at radius 2 is 1.85 bits per heavy atom. The molecule has 0 saturated heterocycles. The molecule has 6 nitrogen and oxygen atoms in total. The highest BCUT2D eigenvalue weighted by Gasteiger charge is 2.42. The zero-order valence-electron chi connectivity index (χ0n) is 15.0. The fourth-order valence-corrected chi connectivity index (χ4v) is 4.26. The van der Waals surface area contributed by atoms with E-state index in [1.54, 1.807) is 32.0 Å². The number of quaternary nitrogens is 1. The number of aryl methyl sites for hydroxylation is 1. The smallest absolute Gasteiger partial charge is 0.236 e. The third kappa shape index (κ3) is 3.73. The maximum atomic E-state index is 13.1. The molecule has 1 aliphatic heterocycles. The zero-order chi connectivity index (χ0) is 19.3. The SMILES string of the molecule is Cc1cc(Br)ccc1C1c2ccc(NS(C)(=O)=O)cc2OC(C)(C)[NH+]1[O-]. The quantitative estimate of drug-likeness (QED) is 0.718. The third-order valence-electron chi connectivity index (χ3n) is 4.39. The first-order chi connectivity index (χ1) is 12.0. The first-order valence-electron chi connectivity index (χ1n) is 8.09. The van der Waals surface area contributed by atoms with E-state index in [-0.39, 0.29) is 5.06 Å². The van der Waals surface area contributed by atoms with Crippen LogP contribution in [0.3, 0.4) is 0 Å². The van der Waals surface area contributed by atoms with Crippen LogP contribution in [0.1, 0.15) is 36.6 Å².